The van der Waals surface area contributed by atoms with Crippen LogP contribution in [0.2, 0.25) is 0 Å². The van der Waals surface area contributed by atoms with Crippen LogP contribution in [0.3, 0.4) is 0 Å². The number of thioether (sulfide) groups is 1. The van der Waals surface area contributed by atoms with Gasteiger partial charge in [0.15, 0.2) is 0 Å². The van der Waals surface area contributed by atoms with Crippen molar-refractivity contribution >= 4 is 17.4 Å². The van der Waals surface area contributed by atoms with Crippen molar-refractivity contribution in [1.82, 2.24) is 0 Å². The molecule has 2 N–H and O–H groups in total. The smallest absolute Gasteiger partial charge is 0.0364 e. The van der Waals surface area contributed by atoms with E-state index in [4.69, 9.17) is 5.73 Å². The van der Waals surface area contributed by atoms with Gasteiger partial charge in [0.2, 0.25) is 0 Å². The maximum Gasteiger partial charge on any atom is 0.0364 e. The van der Waals surface area contributed by atoms with Crippen LogP contribution in [0.4, 0.5) is 5.69 Å². The molecular formula is C15H24N2S. The first-order valence-corrected chi connectivity index (χ1v) is 7.66. The fourth-order valence-corrected chi connectivity index (χ4v) is 3.32. The van der Waals surface area contributed by atoms with Gasteiger partial charge in [0, 0.05) is 35.5 Å². The first kappa shape index (κ1) is 13.8. The van der Waals surface area contributed by atoms with E-state index in [0.717, 1.165) is 12.5 Å². The molecule has 0 saturated heterocycles. The SMILES string of the molecule is CC(C)Sc1ccc(N(C)CC2CC(N)C2)cc1. The van der Waals surface area contributed by atoms with Gasteiger partial charge in [0.25, 0.3) is 0 Å². The molecule has 0 unspecified atom stereocenters. The Labute approximate surface area is 115 Å². The molecule has 1 aliphatic carbocycles. The molecule has 1 saturated carbocycles. The highest BCUT2D eigenvalue weighted by Gasteiger charge is 2.26. The van der Waals surface area contributed by atoms with Crippen LogP contribution < -0.4 is 10.6 Å². The van der Waals surface area contributed by atoms with Crippen LogP contribution in [0.1, 0.15) is 26.7 Å². The van der Waals surface area contributed by atoms with Gasteiger partial charge < -0.3 is 10.6 Å². The average Bonchev–Trinajstić information content (AvgIpc) is 2.27. The van der Waals surface area contributed by atoms with E-state index in [9.17, 15) is 0 Å². The Hall–Kier alpha value is -0.670. The van der Waals surface area contributed by atoms with Crippen LogP contribution in [0, 0.1) is 5.92 Å². The Morgan fingerprint density at radius 2 is 1.89 bits per heavy atom. The molecule has 0 radical (unpaired) electrons. The molecule has 0 atom stereocenters. The molecule has 0 bridgehead atoms. The first-order chi connectivity index (χ1) is 8.54. The summed E-state index contributed by atoms with van der Waals surface area (Å²) in [7, 11) is 2.18. The summed E-state index contributed by atoms with van der Waals surface area (Å²) < 4.78 is 0. The normalized spacial score (nSPS) is 22.9. The molecule has 2 nitrogen and oxygen atoms in total. The molecule has 0 amide bonds. The molecule has 18 heavy (non-hydrogen) atoms. The number of rotatable bonds is 5. The standard InChI is InChI=1S/C15H24N2S/c1-11(2)18-15-6-4-14(5-7-15)17(3)10-12-8-13(16)9-12/h4-7,11-13H,8-10,16H2,1-3H3. The summed E-state index contributed by atoms with van der Waals surface area (Å²) in [4.78, 5) is 3.70. The predicted octanol–water partition coefficient (Wildman–Crippen LogP) is 3.36. The molecule has 1 aromatic rings. The second-order valence-electron chi connectivity index (χ2n) is 5.64. The summed E-state index contributed by atoms with van der Waals surface area (Å²) in [5, 5.41) is 0.644. The minimum absolute atomic E-state index is 0.452. The van der Waals surface area contributed by atoms with E-state index in [0.29, 0.717) is 11.3 Å². The molecule has 1 aliphatic rings. The third kappa shape index (κ3) is 3.66. The second-order valence-corrected chi connectivity index (χ2v) is 7.29. The summed E-state index contributed by atoms with van der Waals surface area (Å²) in [5.41, 5.74) is 7.14. The first-order valence-electron chi connectivity index (χ1n) is 6.78. The highest BCUT2D eigenvalue weighted by Crippen LogP contribution is 2.29. The molecule has 0 aromatic heterocycles. The van der Waals surface area contributed by atoms with Gasteiger partial charge in [0.1, 0.15) is 0 Å². The lowest BCUT2D eigenvalue weighted by Crippen LogP contribution is -2.41. The molecule has 100 valence electrons. The number of anilines is 1. The molecule has 0 spiro atoms. The topological polar surface area (TPSA) is 29.3 Å². The van der Waals surface area contributed by atoms with Crippen molar-refractivity contribution in [3.63, 3.8) is 0 Å². The number of nitrogens with two attached hydrogens (primary N) is 1. The van der Waals surface area contributed by atoms with E-state index in [-0.39, 0.29) is 0 Å². The Bertz CT molecular complexity index is 369. The third-order valence-corrected chi connectivity index (χ3v) is 4.47. The summed E-state index contributed by atoms with van der Waals surface area (Å²) in [6.45, 7) is 5.58. The Morgan fingerprint density at radius 1 is 1.28 bits per heavy atom. The van der Waals surface area contributed by atoms with E-state index >= 15 is 0 Å². The van der Waals surface area contributed by atoms with Crippen LogP contribution in [0.25, 0.3) is 0 Å². The Balaban J connectivity index is 1.88. The lowest BCUT2D eigenvalue weighted by Gasteiger charge is -2.36. The molecular weight excluding hydrogens is 240 g/mol. The van der Waals surface area contributed by atoms with Gasteiger partial charge in [-0.3, -0.25) is 0 Å². The fraction of sp³-hybridized carbons (Fsp3) is 0.600. The van der Waals surface area contributed by atoms with Crippen molar-refractivity contribution in [2.75, 3.05) is 18.5 Å². The van der Waals surface area contributed by atoms with E-state index in [2.05, 4.69) is 50.1 Å². The molecule has 1 fully saturated rings. The second kappa shape index (κ2) is 5.98. The molecule has 1 aromatic carbocycles. The van der Waals surface area contributed by atoms with Gasteiger partial charge >= 0.3 is 0 Å². The van der Waals surface area contributed by atoms with Gasteiger partial charge in [0.05, 0.1) is 0 Å². The van der Waals surface area contributed by atoms with Crippen LogP contribution in [-0.4, -0.2) is 24.9 Å². The van der Waals surface area contributed by atoms with Crippen molar-refractivity contribution < 1.29 is 0 Å². The number of hydrogen-bond donors (Lipinski definition) is 1. The molecule has 3 heteroatoms. The minimum atomic E-state index is 0.452. The summed E-state index contributed by atoms with van der Waals surface area (Å²) in [5.74, 6) is 0.787. The van der Waals surface area contributed by atoms with Gasteiger partial charge in [-0.2, -0.15) is 0 Å². The number of hydrogen-bond acceptors (Lipinski definition) is 3. The van der Waals surface area contributed by atoms with Crippen molar-refractivity contribution in [1.29, 1.82) is 0 Å². The third-order valence-electron chi connectivity index (χ3n) is 3.45. The molecule has 2 rings (SSSR count). The number of benzene rings is 1. The van der Waals surface area contributed by atoms with Crippen LogP contribution in [0.15, 0.2) is 29.2 Å². The maximum atomic E-state index is 5.83. The average molecular weight is 264 g/mol. The number of nitrogens with zero attached hydrogens (tertiary/aromatic N) is 1. The van der Waals surface area contributed by atoms with Gasteiger partial charge in [-0.05, 0) is 43.0 Å². The van der Waals surface area contributed by atoms with Crippen molar-refractivity contribution in [3.8, 4) is 0 Å². The van der Waals surface area contributed by atoms with Crippen LogP contribution in [-0.2, 0) is 0 Å². The van der Waals surface area contributed by atoms with Gasteiger partial charge in [-0.25, -0.2) is 0 Å². The molecule has 0 aliphatic heterocycles. The fourth-order valence-electron chi connectivity index (χ4n) is 2.48. The highest BCUT2D eigenvalue weighted by molar-refractivity contribution is 7.99. The lowest BCUT2D eigenvalue weighted by molar-refractivity contribution is 0.271. The van der Waals surface area contributed by atoms with E-state index in [1.807, 2.05) is 11.8 Å². The zero-order valence-electron chi connectivity index (χ0n) is 11.6. The van der Waals surface area contributed by atoms with E-state index in [1.165, 1.54) is 23.4 Å². The van der Waals surface area contributed by atoms with Gasteiger partial charge in [-0.1, -0.05) is 13.8 Å². The monoisotopic (exact) mass is 264 g/mol. The van der Waals surface area contributed by atoms with Crippen molar-refractivity contribution in [2.24, 2.45) is 11.7 Å². The van der Waals surface area contributed by atoms with Crippen LogP contribution in [0.5, 0.6) is 0 Å². The zero-order chi connectivity index (χ0) is 13.1. The summed E-state index contributed by atoms with van der Waals surface area (Å²) >= 11 is 1.91. The summed E-state index contributed by atoms with van der Waals surface area (Å²) in [6.07, 6.45) is 2.37. The van der Waals surface area contributed by atoms with Crippen LogP contribution >= 0.6 is 11.8 Å². The van der Waals surface area contributed by atoms with Gasteiger partial charge in [-0.15, -0.1) is 11.8 Å². The lowest BCUT2D eigenvalue weighted by atomic mass is 9.80. The zero-order valence-corrected chi connectivity index (χ0v) is 12.4. The van der Waals surface area contributed by atoms with Crippen molar-refractivity contribution in [3.05, 3.63) is 24.3 Å². The maximum absolute atomic E-state index is 5.83. The Morgan fingerprint density at radius 3 is 2.39 bits per heavy atom. The Kier molecular flexibility index (Phi) is 4.57. The largest absolute Gasteiger partial charge is 0.374 e. The van der Waals surface area contributed by atoms with Crippen molar-refractivity contribution in [2.45, 2.75) is 42.9 Å². The summed E-state index contributed by atoms with van der Waals surface area (Å²) in [6, 6.07) is 9.35. The van der Waals surface area contributed by atoms with E-state index < -0.39 is 0 Å². The quantitative estimate of drug-likeness (QED) is 0.827. The highest BCUT2D eigenvalue weighted by atomic mass is 32.2. The minimum Gasteiger partial charge on any atom is -0.374 e. The predicted molar refractivity (Wildman–Crippen MR) is 81.4 cm³/mol. The molecule has 0 heterocycles. The van der Waals surface area contributed by atoms with E-state index in [1.54, 1.807) is 0 Å².